The number of para-hydroxylation sites is 1. The first kappa shape index (κ1) is 15.9. The number of aliphatic hydroxyl groups excluding tert-OH is 2. The SMILES string of the molecule is CC(C)(CCO)NCC(O)COc1ccccc1F. The van der Waals surface area contributed by atoms with Crippen LogP contribution in [-0.2, 0) is 0 Å². The third-order valence-electron chi connectivity index (χ3n) is 2.82. The van der Waals surface area contributed by atoms with Crippen LogP contribution in [-0.4, -0.2) is 41.6 Å². The second-order valence-electron chi connectivity index (χ2n) is 5.13. The van der Waals surface area contributed by atoms with Gasteiger partial charge in [0, 0.05) is 18.7 Å². The Hall–Kier alpha value is -1.17. The minimum atomic E-state index is -0.738. The van der Waals surface area contributed by atoms with Gasteiger partial charge in [0.15, 0.2) is 11.6 Å². The summed E-state index contributed by atoms with van der Waals surface area (Å²) in [6.07, 6.45) is -0.147. The van der Waals surface area contributed by atoms with Crippen LogP contribution < -0.4 is 10.1 Å². The summed E-state index contributed by atoms with van der Waals surface area (Å²) in [7, 11) is 0. The zero-order chi connectivity index (χ0) is 14.3. The minimum absolute atomic E-state index is 0.0170. The van der Waals surface area contributed by atoms with Gasteiger partial charge in [-0.1, -0.05) is 12.1 Å². The number of benzene rings is 1. The highest BCUT2D eigenvalue weighted by Crippen LogP contribution is 2.15. The summed E-state index contributed by atoms with van der Waals surface area (Å²) in [6, 6.07) is 6.08. The first-order valence-corrected chi connectivity index (χ1v) is 6.36. The summed E-state index contributed by atoms with van der Waals surface area (Å²) >= 11 is 0. The number of rotatable bonds is 8. The molecule has 0 aliphatic rings. The molecular formula is C14H22FNO3. The van der Waals surface area contributed by atoms with Gasteiger partial charge in [0.1, 0.15) is 12.7 Å². The van der Waals surface area contributed by atoms with Crippen molar-refractivity contribution in [3.63, 3.8) is 0 Å². The molecule has 5 heteroatoms. The molecule has 0 saturated heterocycles. The Morgan fingerprint density at radius 3 is 2.68 bits per heavy atom. The smallest absolute Gasteiger partial charge is 0.165 e. The molecule has 0 aliphatic carbocycles. The molecule has 4 nitrogen and oxygen atoms in total. The Bertz CT molecular complexity index is 385. The molecule has 0 bridgehead atoms. The van der Waals surface area contributed by atoms with Crippen molar-refractivity contribution in [2.24, 2.45) is 0 Å². The van der Waals surface area contributed by atoms with Crippen LogP contribution in [0.4, 0.5) is 4.39 Å². The Morgan fingerprint density at radius 2 is 2.05 bits per heavy atom. The molecule has 0 fully saturated rings. The highest BCUT2D eigenvalue weighted by Gasteiger charge is 2.18. The van der Waals surface area contributed by atoms with E-state index in [1.165, 1.54) is 12.1 Å². The maximum atomic E-state index is 13.3. The van der Waals surface area contributed by atoms with E-state index in [4.69, 9.17) is 9.84 Å². The molecule has 1 aromatic rings. The molecule has 19 heavy (non-hydrogen) atoms. The lowest BCUT2D eigenvalue weighted by Crippen LogP contribution is -2.45. The Kier molecular flexibility index (Phi) is 6.21. The predicted molar refractivity (Wildman–Crippen MR) is 71.7 cm³/mol. The summed E-state index contributed by atoms with van der Waals surface area (Å²) in [6.45, 7) is 4.30. The lowest BCUT2D eigenvalue weighted by molar-refractivity contribution is 0.0941. The summed E-state index contributed by atoms with van der Waals surface area (Å²) in [5.74, 6) is -0.306. The Balaban J connectivity index is 2.32. The number of halogens is 1. The number of aliphatic hydroxyl groups is 2. The van der Waals surface area contributed by atoms with Crippen LogP contribution in [0.5, 0.6) is 5.75 Å². The van der Waals surface area contributed by atoms with Crippen molar-refractivity contribution < 1.29 is 19.3 Å². The molecule has 0 heterocycles. The van der Waals surface area contributed by atoms with Gasteiger partial charge in [-0.15, -0.1) is 0 Å². The highest BCUT2D eigenvalue weighted by molar-refractivity contribution is 5.23. The first-order valence-electron chi connectivity index (χ1n) is 6.36. The second-order valence-corrected chi connectivity index (χ2v) is 5.13. The Morgan fingerprint density at radius 1 is 1.37 bits per heavy atom. The van der Waals surface area contributed by atoms with Crippen LogP contribution >= 0.6 is 0 Å². The maximum absolute atomic E-state index is 13.3. The predicted octanol–water partition coefficient (Wildman–Crippen LogP) is 1.32. The van der Waals surface area contributed by atoms with Crippen molar-refractivity contribution in [2.75, 3.05) is 19.8 Å². The molecule has 3 N–H and O–H groups in total. The topological polar surface area (TPSA) is 61.7 Å². The van der Waals surface area contributed by atoms with Crippen molar-refractivity contribution in [1.29, 1.82) is 0 Å². The lowest BCUT2D eigenvalue weighted by Gasteiger charge is -2.27. The summed E-state index contributed by atoms with van der Waals surface area (Å²) in [4.78, 5) is 0. The third-order valence-corrected chi connectivity index (χ3v) is 2.82. The zero-order valence-electron chi connectivity index (χ0n) is 11.4. The molecule has 0 saturated carbocycles. The average Bonchev–Trinajstić information content (AvgIpc) is 2.35. The fourth-order valence-electron chi connectivity index (χ4n) is 1.57. The van der Waals surface area contributed by atoms with E-state index >= 15 is 0 Å². The van der Waals surface area contributed by atoms with Gasteiger partial charge in [0.05, 0.1) is 0 Å². The summed E-state index contributed by atoms with van der Waals surface area (Å²) < 4.78 is 18.5. The van der Waals surface area contributed by atoms with E-state index in [9.17, 15) is 9.50 Å². The zero-order valence-corrected chi connectivity index (χ0v) is 11.4. The number of β-amino-alcohol motifs (C(OH)–C–C–N with tert-alkyl or cyclic N) is 1. The standard InChI is InChI=1S/C14H22FNO3/c1-14(2,7-8-17)16-9-11(18)10-19-13-6-4-3-5-12(13)15/h3-6,11,16-18H,7-10H2,1-2H3. The third kappa shape index (κ3) is 6.00. The van der Waals surface area contributed by atoms with E-state index in [-0.39, 0.29) is 24.5 Å². The van der Waals surface area contributed by atoms with E-state index in [1.807, 2.05) is 13.8 Å². The number of ether oxygens (including phenoxy) is 1. The lowest BCUT2D eigenvalue weighted by atomic mass is 10.0. The summed E-state index contributed by atoms with van der Waals surface area (Å²) in [5, 5.41) is 21.8. The monoisotopic (exact) mass is 271 g/mol. The molecule has 0 radical (unpaired) electrons. The normalized spacial score (nSPS) is 13.3. The molecule has 1 aromatic carbocycles. The van der Waals surface area contributed by atoms with Gasteiger partial charge in [-0.25, -0.2) is 4.39 Å². The van der Waals surface area contributed by atoms with Crippen molar-refractivity contribution in [2.45, 2.75) is 31.9 Å². The van der Waals surface area contributed by atoms with E-state index in [0.29, 0.717) is 13.0 Å². The van der Waals surface area contributed by atoms with Gasteiger partial charge in [-0.3, -0.25) is 0 Å². The summed E-state index contributed by atoms with van der Waals surface area (Å²) in [5.41, 5.74) is -0.256. The van der Waals surface area contributed by atoms with Gasteiger partial charge in [0.2, 0.25) is 0 Å². The molecule has 0 amide bonds. The van der Waals surface area contributed by atoms with Gasteiger partial charge >= 0.3 is 0 Å². The second kappa shape index (κ2) is 7.43. The van der Waals surface area contributed by atoms with Crippen molar-refractivity contribution in [1.82, 2.24) is 5.32 Å². The van der Waals surface area contributed by atoms with Crippen LogP contribution in [0.1, 0.15) is 20.3 Å². The van der Waals surface area contributed by atoms with Crippen molar-refractivity contribution in [3.05, 3.63) is 30.1 Å². The van der Waals surface area contributed by atoms with Crippen molar-refractivity contribution >= 4 is 0 Å². The van der Waals surface area contributed by atoms with E-state index < -0.39 is 11.9 Å². The van der Waals surface area contributed by atoms with Crippen molar-refractivity contribution in [3.8, 4) is 5.75 Å². The molecule has 1 rings (SSSR count). The fourth-order valence-corrected chi connectivity index (χ4v) is 1.57. The van der Waals surface area contributed by atoms with Gasteiger partial charge < -0.3 is 20.3 Å². The Labute approximate surface area is 113 Å². The quantitative estimate of drug-likeness (QED) is 0.667. The van der Waals surface area contributed by atoms with Crippen LogP contribution in [0.2, 0.25) is 0 Å². The molecule has 0 aliphatic heterocycles. The number of hydrogen-bond acceptors (Lipinski definition) is 4. The molecule has 108 valence electrons. The van der Waals surface area contributed by atoms with Crippen LogP contribution in [0.3, 0.4) is 0 Å². The molecule has 1 atom stereocenters. The van der Waals surface area contributed by atoms with Gasteiger partial charge in [-0.05, 0) is 32.4 Å². The fraction of sp³-hybridized carbons (Fsp3) is 0.571. The highest BCUT2D eigenvalue weighted by atomic mass is 19.1. The van der Waals surface area contributed by atoms with Gasteiger partial charge in [0.25, 0.3) is 0 Å². The minimum Gasteiger partial charge on any atom is -0.488 e. The number of hydrogen-bond donors (Lipinski definition) is 3. The van der Waals surface area contributed by atoms with E-state index in [0.717, 1.165) is 0 Å². The molecule has 0 aromatic heterocycles. The van der Waals surface area contributed by atoms with E-state index in [1.54, 1.807) is 12.1 Å². The molecule has 0 spiro atoms. The first-order chi connectivity index (χ1) is 8.94. The van der Waals surface area contributed by atoms with Crippen LogP contribution in [0.15, 0.2) is 24.3 Å². The van der Waals surface area contributed by atoms with Gasteiger partial charge in [-0.2, -0.15) is 0 Å². The van der Waals surface area contributed by atoms with Crippen LogP contribution in [0.25, 0.3) is 0 Å². The number of nitrogens with one attached hydrogen (secondary N) is 1. The molecular weight excluding hydrogens is 249 g/mol. The largest absolute Gasteiger partial charge is 0.488 e. The average molecular weight is 271 g/mol. The van der Waals surface area contributed by atoms with E-state index in [2.05, 4.69) is 5.32 Å². The van der Waals surface area contributed by atoms with Crippen LogP contribution in [0, 0.1) is 5.82 Å². The maximum Gasteiger partial charge on any atom is 0.165 e. The molecule has 1 unspecified atom stereocenters.